The zero-order chi connectivity index (χ0) is 14.2. The third-order valence-corrected chi connectivity index (χ3v) is 5.86. The first kappa shape index (κ1) is 14.0. The van der Waals surface area contributed by atoms with E-state index in [9.17, 15) is 8.42 Å². The molecule has 4 nitrogen and oxygen atoms in total. The molecule has 0 atom stereocenters. The lowest BCUT2D eigenvalue weighted by Crippen LogP contribution is -2.34. The molecule has 0 amide bonds. The van der Waals surface area contributed by atoms with Crippen LogP contribution in [0.3, 0.4) is 0 Å². The van der Waals surface area contributed by atoms with Gasteiger partial charge in [0.2, 0.25) is 10.0 Å². The van der Waals surface area contributed by atoms with E-state index in [1.165, 1.54) is 0 Å². The van der Waals surface area contributed by atoms with Crippen molar-refractivity contribution in [2.75, 3.05) is 13.1 Å². The van der Waals surface area contributed by atoms with Crippen molar-refractivity contribution in [3.8, 4) is 0 Å². The SMILES string of the molecule is O=S(=O)(c1cccc(CO)c1)N(CC1CC1)CC1CC1. The minimum Gasteiger partial charge on any atom is -0.392 e. The molecule has 1 aromatic rings. The summed E-state index contributed by atoms with van der Waals surface area (Å²) in [6, 6.07) is 6.65. The highest BCUT2D eigenvalue weighted by atomic mass is 32.2. The molecule has 0 unspecified atom stereocenters. The molecule has 0 radical (unpaired) electrons. The minimum absolute atomic E-state index is 0.130. The zero-order valence-electron chi connectivity index (χ0n) is 11.5. The van der Waals surface area contributed by atoms with Crippen LogP contribution in [0.2, 0.25) is 0 Å². The molecule has 2 fully saturated rings. The molecule has 1 aromatic carbocycles. The van der Waals surface area contributed by atoms with Crippen LogP contribution in [0.4, 0.5) is 0 Å². The van der Waals surface area contributed by atoms with Gasteiger partial charge >= 0.3 is 0 Å². The smallest absolute Gasteiger partial charge is 0.243 e. The van der Waals surface area contributed by atoms with Crippen LogP contribution in [-0.2, 0) is 16.6 Å². The molecular weight excluding hydrogens is 274 g/mol. The first-order valence-electron chi connectivity index (χ1n) is 7.29. The number of benzene rings is 1. The van der Waals surface area contributed by atoms with Crippen molar-refractivity contribution in [1.82, 2.24) is 4.31 Å². The number of aliphatic hydroxyl groups excluding tert-OH is 1. The van der Waals surface area contributed by atoms with E-state index in [0.29, 0.717) is 35.4 Å². The van der Waals surface area contributed by atoms with Crippen LogP contribution in [0.25, 0.3) is 0 Å². The summed E-state index contributed by atoms with van der Waals surface area (Å²) in [6.07, 6.45) is 4.58. The number of aliphatic hydroxyl groups is 1. The maximum atomic E-state index is 12.8. The molecule has 3 rings (SSSR count). The van der Waals surface area contributed by atoms with E-state index < -0.39 is 10.0 Å². The van der Waals surface area contributed by atoms with Gasteiger partial charge in [-0.1, -0.05) is 12.1 Å². The standard InChI is InChI=1S/C15H21NO3S/c17-11-14-2-1-3-15(8-14)20(18,19)16(9-12-4-5-12)10-13-6-7-13/h1-3,8,12-13,17H,4-7,9-11H2. The van der Waals surface area contributed by atoms with E-state index in [0.717, 1.165) is 25.7 Å². The predicted molar refractivity (Wildman–Crippen MR) is 76.6 cm³/mol. The Morgan fingerprint density at radius 1 is 1.10 bits per heavy atom. The van der Waals surface area contributed by atoms with Crippen molar-refractivity contribution in [3.05, 3.63) is 29.8 Å². The fraction of sp³-hybridized carbons (Fsp3) is 0.600. The average Bonchev–Trinajstić information content (AvgIpc) is 3.33. The highest BCUT2D eigenvalue weighted by Crippen LogP contribution is 2.36. The fourth-order valence-corrected chi connectivity index (χ4v) is 4.06. The fourth-order valence-electron chi connectivity index (χ4n) is 2.40. The van der Waals surface area contributed by atoms with Gasteiger partial charge in [0.25, 0.3) is 0 Å². The van der Waals surface area contributed by atoms with Crippen LogP contribution < -0.4 is 0 Å². The Morgan fingerprint density at radius 3 is 2.20 bits per heavy atom. The summed E-state index contributed by atoms with van der Waals surface area (Å²) in [6.45, 7) is 1.18. The van der Waals surface area contributed by atoms with Gasteiger partial charge in [-0.25, -0.2) is 8.42 Å². The molecule has 1 N–H and O–H groups in total. The number of hydrogen-bond donors (Lipinski definition) is 1. The molecule has 2 aliphatic rings. The average molecular weight is 295 g/mol. The minimum atomic E-state index is -3.42. The first-order valence-corrected chi connectivity index (χ1v) is 8.73. The molecule has 5 heteroatoms. The monoisotopic (exact) mass is 295 g/mol. The van der Waals surface area contributed by atoms with Crippen LogP contribution in [0.15, 0.2) is 29.2 Å². The van der Waals surface area contributed by atoms with Gasteiger partial charge in [-0.2, -0.15) is 4.31 Å². The molecular formula is C15H21NO3S. The number of sulfonamides is 1. The molecule has 110 valence electrons. The summed E-state index contributed by atoms with van der Waals surface area (Å²) < 4.78 is 27.2. The maximum absolute atomic E-state index is 12.8. The van der Waals surface area contributed by atoms with E-state index in [-0.39, 0.29) is 6.61 Å². The molecule has 0 saturated heterocycles. The second kappa shape index (κ2) is 5.47. The molecule has 20 heavy (non-hydrogen) atoms. The normalized spacial score (nSPS) is 19.5. The van der Waals surface area contributed by atoms with Crippen LogP contribution in [0.5, 0.6) is 0 Å². The van der Waals surface area contributed by atoms with Gasteiger partial charge < -0.3 is 5.11 Å². The van der Waals surface area contributed by atoms with E-state index in [2.05, 4.69) is 0 Å². The van der Waals surface area contributed by atoms with Crippen LogP contribution in [-0.4, -0.2) is 30.9 Å². The Balaban J connectivity index is 1.84. The summed E-state index contributed by atoms with van der Waals surface area (Å²) in [7, 11) is -3.42. The molecule has 2 aliphatic carbocycles. The molecule has 0 heterocycles. The van der Waals surface area contributed by atoms with Gasteiger partial charge in [0.1, 0.15) is 0 Å². The molecule has 0 aromatic heterocycles. The van der Waals surface area contributed by atoms with Crippen LogP contribution in [0, 0.1) is 11.8 Å². The quantitative estimate of drug-likeness (QED) is 0.837. The Hall–Kier alpha value is -0.910. The van der Waals surface area contributed by atoms with Crippen molar-refractivity contribution >= 4 is 10.0 Å². The molecule has 0 aliphatic heterocycles. The van der Waals surface area contributed by atoms with Crippen molar-refractivity contribution in [2.45, 2.75) is 37.2 Å². The number of nitrogens with zero attached hydrogens (tertiary/aromatic N) is 1. The Kier molecular flexibility index (Phi) is 3.84. The van der Waals surface area contributed by atoms with Gasteiger partial charge in [0.05, 0.1) is 11.5 Å². The second-order valence-corrected chi connectivity index (χ2v) is 7.95. The van der Waals surface area contributed by atoms with Crippen molar-refractivity contribution in [3.63, 3.8) is 0 Å². The highest BCUT2D eigenvalue weighted by molar-refractivity contribution is 7.89. The first-order chi connectivity index (χ1) is 9.59. The summed E-state index contributed by atoms with van der Waals surface area (Å²) in [5.41, 5.74) is 0.642. The summed E-state index contributed by atoms with van der Waals surface area (Å²) in [5.74, 6) is 1.09. The third kappa shape index (κ3) is 3.22. The van der Waals surface area contributed by atoms with Gasteiger partial charge in [0, 0.05) is 13.1 Å². The van der Waals surface area contributed by atoms with E-state index >= 15 is 0 Å². The van der Waals surface area contributed by atoms with Gasteiger partial charge in [-0.3, -0.25) is 0 Å². The Morgan fingerprint density at radius 2 is 1.70 bits per heavy atom. The lowest BCUT2D eigenvalue weighted by molar-refractivity contribution is 0.281. The summed E-state index contributed by atoms with van der Waals surface area (Å²) in [5, 5.41) is 9.17. The highest BCUT2D eigenvalue weighted by Gasteiger charge is 2.35. The van der Waals surface area contributed by atoms with E-state index in [4.69, 9.17) is 5.11 Å². The van der Waals surface area contributed by atoms with Crippen molar-refractivity contribution < 1.29 is 13.5 Å². The lowest BCUT2D eigenvalue weighted by Gasteiger charge is -2.22. The lowest BCUT2D eigenvalue weighted by atomic mass is 10.2. The zero-order valence-corrected chi connectivity index (χ0v) is 12.3. The topological polar surface area (TPSA) is 57.6 Å². The Labute approximate surface area is 120 Å². The van der Waals surface area contributed by atoms with Crippen LogP contribution >= 0.6 is 0 Å². The summed E-state index contributed by atoms with van der Waals surface area (Å²) >= 11 is 0. The maximum Gasteiger partial charge on any atom is 0.243 e. The summed E-state index contributed by atoms with van der Waals surface area (Å²) in [4.78, 5) is 0.311. The van der Waals surface area contributed by atoms with Crippen molar-refractivity contribution in [1.29, 1.82) is 0 Å². The Bertz CT molecular complexity index is 563. The van der Waals surface area contributed by atoms with Gasteiger partial charge in [0.15, 0.2) is 0 Å². The van der Waals surface area contributed by atoms with Crippen molar-refractivity contribution in [2.24, 2.45) is 11.8 Å². The molecule has 2 saturated carbocycles. The third-order valence-electron chi connectivity index (χ3n) is 4.04. The van der Waals surface area contributed by atoms with E-state index in [1.54, 1.807) is 28.6 Å². The van der Waals surface area contributed by atoms with Gasteiger partial charge in [-0.15, -0.1) is 0 Å². The largest absolute Gasteiger partial charge is 0.392 e. The van der Waals surface area contributed by atoms with E-state index in [1.807, 2.05) is 0 Å². The number of rotatable bonds is 7. The van der Waals surface area contributed by atoms with Crippen LogP contribution in [0.1, 0.15) is 31.2 Å². The second-order valence-electron chi connectivity index (χ2n) is 6.01. The molecule has 0 bridgehead atoms. The predicted octanol–water partition coefficient (Wildman–Crippen LogP) is 1.99. The van der Waals surface area contributed by atoms with Gasteiger partial charge in [-0.05, 0) is 55.2 Å². The molecule has 0 spiro atoms. The number of hydrogen-bond acceptors (Lipinski definition) is 3.